The number of carboxylic acid groups (broad SMARTS) is 1. The minimum atomic E-state index is -1.25. The number of likely N-dealkylation sites (tertiary alicyclic amines) is 1. The van der Waals surface area contributed by atoms with Gasteiger partial charge in [-0.2, -0.15) is 0 Å². The molecule has 2 aliphatic rings. The molecule has 0 saturated carbocycles. The first kappa shape index (κ1) is 27.8. The molecule has 13 heteroatoms. The second kappa shape index (κ2) is 12.3. The van der Waals surface area contributed by atoms with E-state index in [4.69, 9.17) is 21.4 Å². The Balaban J connectivity index is 2.09. The van der Waals surface area contributed by atoms with Crippen LogP contribution in [0.1, 0.15) is 39.5 Å². The standard InChI is InChI=1S/C22H29ClN4O8/c1-11(24-20(32)14-8-15(23)16(25-12(2)29)9-18(14)35-3)22(34)27-6-4-5-17(27)21(33)26-13(10-28)7-19(30)31/h9-11,13,15,17H,4-8H2,1-3H3,(H,24,32)(H,25,29)(H,26,33)(H,30,31)/t11-,13?,15?,17-/m0/s1. The Kier molecular flexibility index (Phi) is 9.81. The molecule has 2 unspecified atom stereocenters. The Morgan fingerprint density at radius 2 is 1.97 bits per heavy atom. The highest BCUT2D eigenvalue weighted by atomic mass is 35.5. The van der Waals surface area contributed by atoms with Crippen molar-refractivity contribution in [1.82, 2.24) is 20.9 Å². The second-order valence-corrected chi connectivity index (χ2v) is 8.76. The Bertz CT molecular complexity index is 963. The van der Waals surface area contributed by atoms with E-state index < -0.39 is 53.6 Å². The number of hydrogen-bond donors (Lipinski definition) is 4. The normalized spacial score (nSPS) is 21.4. The van der Waals surface area contributed by atoms with Crippen LogP contribution in [0.4, 0.5) is 0 Å². The number of aldehydes is 1. The van der Waals surface area contributed by atoms with E-state index in [1.54, 1.807) is 0 Å². The van der Waals surface area contributed by atoms with Crippen molar-refractivity contribution in [2.75, 3.05) is 13.7 Å². The van der Waals surface area contributed by atoms with E-state index >= 15 is 0 Å². The first-order chi connectivity index (χ1) is 16.5. The van der Waals surface area contributed by atoms with Crippen LogP contribution in [0.3, 0.4) is 0 Å². The van der Waals surface area contributed by atoms with Crippen molar-refractivity contribution in [2.24, 2.45) is 0 Å². The van der Waals surface area contributed by atoms with Crippen molar-refractivity contribution in [3.8, 4) is 0 Å². The zero-order chi connectivity index (χ0) is 26.3. The number of ether oxygens (including phenoxy) is 1. The van der Waals surface area contributed by atoms with Gasteiger partial charge in [0, 0.05) is 31.7 Å². The number of rotatable bonds is 10. The van der Waals surface area contributed by atoms with Crippen molar-refractivity contribution in [1.29, 1.82) is 0 Å². The van der Waals surface area contributed by atoms with Gasteiger partial charge in [0.05, 0.1) is 30.5 Å². The molecule has 35 heavy (non-hydrogen) atoms. The van der Waals surface area contributed by atoms with E-state index in [-0.39, 0.29) is 30.2 Å². The lowest BCUT2D eigenvalue weighted by molar-refractivity contribution is -0.142. The molecule has 4 amide bonds. The number of nitrogens with zero attached hydrogens (tertiary/aromatic N) is 1. The molecule has 4 atom stereocenters. The Morgan fingerprint density at radius 1 is 1.29 bits per heavy atom. The monoisotopic (exact) mass is 512 g/mol. The van der Waals surface area contributed by atoms with Gasteiger partial charge in [-0.3, -0.25) is 24.0 Å². The minimum absolute atomic E-state index is 0.0506. The highest BCUT2D eigenvalue weighted by Gasteiger charge is 2.38. The first-order valence-electron chi connectivity index (χ1n) is 11.0. The molecule has 4 N–H and O–H groups in total. The largest absolute Gasteiger partial charge is 0.496 e. The molecule has 0 radical (unpaired) electrons. The van der Waals surface area contributed by atoms with E-state index in [0.717, 1.165) is 0 Å². The van der Waals surface area contributed by atoms with Crippen LogP contribution in [0, 0.1) is 0 Å². The molecular weight excluding hydrogens is 484 g/mol. The van der Waals surface area contributed by atoms with Gasteiger partial charge in [-0.1, -0.05) is 0 Å². The number of alkyl halides is 1. The maximum absolute atomic E-state index is 13.0. The van der Waals surface area contributed by atoms with Crippen LogP contribution in [0.5, 0.6) is 0 Å². The number of carbonyl (C=O) groups excluding carboxylic acids is 5. The fourth-order valence-electron chi connectivity index (χ4n) is 3.91. The number of allylic oxidation sites excluding steroid dienone is 2. The molecule has 1 saturated heterocycles. The van der Waals surface area contributed by atoms with E-state index in [0.29, 0.717) is 24.8 Å². The van der Waals surface area contributed by atoms with Crippen molar-refractivity contribution in [2.45, 2.75) is 63.0 Å². The van der Waals surface area contributed by atoms with Gasteiger partial charge < -0.3 is 35.5 Å². The molecule has 1 aliphatic heterocycles. The molecule has 0 aromatic rings. The molecule has 0 bridgehead atoms. The Morgan fingerprint density at radius 3 is 2.54 bits per heavy atom. The summed E-state index contributed by atoms with van der Waals surface area (Å²) in [4.78, 5) is 73.1. The number of carbonyl (C=O) groups is 6. The average molecular weight is 513 g/mol. The fraction of sp³-hybridized carbons (Fsp3) is 0.545. The van der Waals surface area contributed by atoms with Crippen LogP contribution < -0.4 is 16.0 Å². The van der Waals surface area contributed by atoms with E-state index in [1.807, 2.05) is 0 Å². The number of methoxy groups -OCH3 is 1. The van der Waals surface area contributed by atoms with Gasteiger partial charge in [-0.25, -0.2) is 0 Å². The summed E-state index contributed by atoms with van der Waals surface area (Å²) in [5.41, 5.74) is 0.582. The van der Waals surface area contributed by atoms with E-state index in [1.165, 1.54) is 31.9 Å². The van der Waals surface area contributed by atoms with E-state index in [9.17, 15) is 28.8 Å². The lowest BCUT2D eigenvalue weighted by Crippen LogP contribution is -2.54. The van der Waals surface area contributed by atoms with Gasteiger partial charge in [-0.15, -0.1) is 11.6 Å². The van der Waals surface area contributed by atoms with Crippen LogP contribution in [-0.2, 0) is 33.5 Å². The van der Waals surface area contributed by atoms with Gasteiger partial charge >= 0.3 is 5.97 Å². The third-order valence-corrected chi connectivity index (χ3v) is 5.95. The topological polar surface area (TPSA) is 171 Å². The average Bonchev–Trinajstić information content (AvgIpc) is 3.28. The van der Waals surface area contributed by atoms with Crippen molar-refractivity contribution >= 4 is 47.5 Å². The molecule has 2 rings (SSSR count). The van der Waals surface area contributed by atoms with Gasteiger partial charge in [0.1, 0.15) is 24.1 Å². The third-order valence-electron chi connectivity index (χ3n) is 5.56. The minimum Gasteiger partial charge on any atom is -0.496 e. The van der Waals surface area contributed by atoms with Gasteiger partial charge in [0.2, 0.25) is 17.7 Å². The van der Waals surface area contributed by atoms with Crippen LogP contribution >= 0.6 is 11.6 Å². The number of hydrogen-bond acceptors (Lipinski definition) is 7. The molecule has 1 fully saturated rings. The van der Waals surface area contributed by atoms with Crippen LogP contribution in [0.15, 0.2) is 23.1 Å². The molecule has 1 aliphatic carbocycles. The molecule has 0 spiro atoms. The quantitative estimate of drug-likeness (QED) is 0.225. The van der Waals surface area contributed by atoms with Crippen molar-refractivity contribution in [3.05, 3.63) is 23.1 Å². The van der Waals surface area contributed by atoms with Crippen LogP contribution in [0.2, 0.25) is 0 Å². The summed E-state index contributed by atoms with van der Waals surface area (Å²) in [6, 6.07) is -3.10. The lowest BCUT2D eigenvalue weighted by atomic mass is 9.99. The summed E-state index contributed by atoms with van der Waals surface area (Å²) in [7, 11) is 1.36. The summed E-state index contributed by atoms with van der Waals surface area (Å²) >= 11 is 6.30. The number of halogens is 1. The summed E-state index contributed by atoms with van der Waals surface area (Å²) in [6.45, 7) is 3.06. The Hall–Kier alpha value is -3.41. The number of carboxylic acids is 1. The number of amides is 4. The fourth-order valence-corrected chi connectivity index (χ4v) is 4.18. The van der Waals surface area contributed by atoms with Gasteiger partial charge in [0.15, 0.2) is 0 Å². The zero-order valence-electron chi connectivity index (χ0n) is 19.6. The maximum Gasteiger partial charge on any atom is 0.305 e. The summed E-state index contributed by atoms with van der Waals surface area (Å²) in [5, 5.41) is 15.7. The maximum atomic E-state index is 13.0. The molecule has 12 nitrogen and oxygen atoms in total. The van der Waals surface area contributed by atoms with Crippen LogP contribution in [-0.4, -0.2) is 83.0 Å². The van der Waals surface area contributed by atoms with Gasteiger partial charge in [0.25, 0.3) is 5.91 Å². The highest BCUT2D eigenvalue weighted by molar-refractivity contribution is 6.23. The first-order valence-corrected chi connectivity index (χ1v) is 11.4. The SMILES string of the molecule is COC1=C(C(=O)N[C@@H](C)C(=O)N2CCC[C@H]2C(=O)NC(C=O)CC(=O)O)CC(Cl)C(NC(C)=O)=C1. The number of nitrogens with one attached hydrogen (secondary N) is 3. The van der Waals surface area contributed by atoms with E-state index in [2.05, 4.69) is 16.0 Å². The predicted octanol–water partition coefficient (Wildman–Crippen LogP) is -0.428. The van der Waals surface area contributed by atoms with Crippen molar-refractivity contribution < 1.29 is 38.6 Å². The molecule has 0 aromatic heterocycles. The molecule has 192 valence electrons. The smallest absolute Gasteiger partial charge is 0.305 e. The van der Waals surface area contributed by atoms with Gasteiger partial charge in [-0.05, 0) is 19.8 Å². The van der Waals surface area contributed by atoms with Crippen LogP contribution in [0.25, 0.3) is 0 Å². The molecule has 0 aromatic carbocycles. The summed E-state index contributed by atoms with van der Waals surface area (Å²) in [6.07, 6.45) is 2.12. The zero-order valence-corrected chi connectivity index (χ0v) is 20.4. The van der Waals surface area contributed by atoms with Crippen molar-refractivity contribution in [3.63, 3.8) is 0 Å². The Labute approximate surface area is 207 Å². The second-order valence-electron chi connectivity index (χ2n) is 8.23. The lowest BCUT2D eigenvalue weighted by Gasteiger charge is -2.28. The highest BCUT2D eigenvalue weighted by Crippen LogP contribution is 2.28. The molecular formula is C22H29ClN4O8. The number of aliphatic carboxylic acids is 1. The third kappa shape index (κ3) is 7.28. The molecule has 1 heterocycles. The summed E-state index contributed by atoms with van der Waals surface area (Å²) < 4.78 is 5.26. The predicted molar refractivity (Wildman–Crippen MR) is 123 cm³/mol. The summed E-state index contributed by atoms with van der Waals surface area (Å²) in [5.74, 6) is -3.11.